The first-order valence-corrected chi connectivity index (χ1v) is 7.01. The molecule has 0 N–H and O–H groups in total. The molecule has 0 fully saturated rings. The van der Waals surface area contributed by atoms with Gasteiger partial charge in [0.25, 0.3) is 0 Å². The number of rotatable bonds is 5. The van der Waals surface area contributed by atoms with Gasteiger partial charge in [-0.1, -0.05) is 17.7 Å². The maximum atomic E-state index is 11.9. The summed E-state index contributed by atoms with van der Waals surface area (Å²) < 4.78 is 23.9. The van der Waals surface area contributed by atoms with Crippen LogP contribution in [-0.2, 0) is 9.84 Å². The zero-order valence-corrected chi connectivity index (χ0v) is 10.7. The monoisotopic (exact) mass is 238 g/mol. The minimum Gasteiger partial charge on any atom is -0.224 e. The number of sulfone groups is 1. The number of hydrogen-bond acceptors (Lipinski definition) is 2. The molecule has 0 saturated heterocycles. The van der Waals surface area contributed by atoms with Crippen molar-refractivity contribution in [2.45, 2.75) is 31.6 Å². The molecule has 0 heterocycles. The first-order chi connectivity index (χ1) is 7.42. The van der Waals surface area contributed by atoms with Gasteiger partial charge in [-0.3, -0.25) is 0 Å². The standard InChI is InChI=1S/C13H18O2S/c1-11(2)6-5-9-16(14,15)13-8-4-7-12(3)10-13/h4,7-8,10H,1,5-6,9H2,2-3H3. The third kappa shape index (κ3) is 3.81. The Balaban J connectivity index is 2.74. The third-order valence-electron chi connectivity index (χ3n) is 2.37. The molecule has 2 nitrogen and oxygen atoms in total. The predicted octanol–water partition coefficient (Wildman–Crippen LogP) is 3.13. The summed E-state index contributed by atoms with van der Waals surface area (Å²) in [5, 5.41) is 0. The Hall–Kier alpha value is -1.09. The smallest absolute Gasteiger partial charge is 0.178 e. The Labute approximate surface area is 97.9 Å². The van der Waals surface area contributed by atoms with Crippen LogP contribution in [0.4, 0.5) is 0 Å². The molecule has 0 aliphatic heterocycles. The van der Waals surface area contributed by atoms with Gasteiger partial charge < -0.3 is 0 Å². The molecule has 0 aromatic heterocycles. The van der Waals surface area contributed by atoms with Gasteiger partial charge in [0.1, 0.15) is 0 Å². The first-order valence-electron chi connectivity index (χ1n) is 5.35. The predicted molar refractivity (Wildman–Crippen MR) is 67.3 cm³/mol. The normalized spacial score (nSPS) is 11.4. The van der Waals surface area contributed by atoms with E-state index in [2.05, 4.69) is 6.58 Å². The summed E-state index contributed by atoms with van der Waals surface area (Å²) in [5.74, 6) is 0.198. The summed E-state index contributed by atoms with van der Waals surface area (Å²) in [4.78, 5) is 0.425. The molecule has 0 aliphatic rings. The highest BCUT2D eigenvalue weighted by atomic mass is 32.2. The van der Waals surface area contributed by atoms with Crippen LogP contribution < -0.4 is 0 Å². The van der Waals surface area contributed by atoms with Crippen LogP contribution in [0.5, 0.6) is 0 Å². The Bertz CT molecular complexity index is 472. The molecule has 1 aromatic rings. The van der Waals surface area contributed by atoms with Crippen molar-refractivity contribution in [3.8, 4) is 0 Å². The van der Waals surface area contributed by atoms with E-state index in [9.17, 15) is 8.42 Å². The van der Waals surface area contributed by atoms with E-state index in [0.717, 1.165) is 17.6 Å². The van der Waals surface area contributed by atoms with Crippen LogP contribution in [0.1, 0.15) is 25.3 Å². The van der Waals surface area contributed by atoms with Crippen LogP contribution in [-0.4, -0.2) is 14.2 Å². The van der Waals surface area contributed by atoms with Gasteiger partial charge in [0.05, 0.1) is 10.6 Å². The second-order valence-electron chi connectivity index (χ2n) is 4.20. The molecular weight excluding hydrogens is 220 g/mol. The van der Waals surface area contributed by atoms with Crippen molar-refractivity contribution in [3.63, 3.8) is 0 Å². The van der Waals surface area contributed by atoms with Crippen molar-refractivity contribution in [2.24, 2.45) is 0 Å². The first kappa shape index (κ1) is 13.0. The van der Waals surface area contributed by atoms with Crippen LogP contribution >= 0.6 is 0 Å². The van der Waals surface area contributed by atoms with Gasteiger partial charge >= 0.3 is 0 Å². The van der Waals surface area contributed by atoms with Crippen molar-refractivity contribution in [2.75, 3.05) is 5.75 Å². The summed E-state index contributed by atoms with van der Waals surface area (Å²) in [5.41, 5.74) is 2.00. The van der Waals surface area contributed by atoms with E-state index in [1.165, 1.54) is 0 Å². The van der Waals surface area contributed by atoms with E-state index in [1.54, 1.807) is 18.2 Å². The minimum atomic E-state index is -3.12. The van der Waals surface area contributed by atoms with Gasteiger partial charge in [-0.05, 0) is 44.4 Å². The van der Waals surface area contributed by atoms with Crippen LogP contribution in [0.25, 0.3) is 0 Å². The topological polar surface area (TPSA) is 34.1 Å². The number of allylic oxidation sites excluding steroid dienone is 1. The van der Waals surface area contributed by atoms with Crippen LogP contribution in [0.2, 0.25) is 0 Å². The Morgan fingerprint density at radius 3 is 2.62 bits per heavy atom. The second kappa shape index (κ2) is 5.30. The zero-order chi connectivity index (χ0) is 12.2. The van der Waals surface area contributed by atoms with Gasteiger partial charge in [-0.15, -0.1) is 6.58 Å². The Morgan fingerprint density at radius 1 is 1.38 bits per heavy atom. The molecule has 0 aliphatic carbocycles. The largest absolute Gasteiger partial charge is 0.224 e. The molecule has 1 aromatic carbocycles. The van der Waals surface area contributed by atoms with Crippen molar-refractivity contribution in [1.29, 1.82) is 0 Å². The molecule has 0 radical (unpaired) electrons. The molecule has 0 atom stereocenters. The van der Waals surface area contributed by atoms with E-state index in [4.69, 9.17) is 0 Å². The average Bonchev–Trinajstić information content (AvgIpc) is 2.16. The number of benzene rings is 1. The Morgan fingerprint density at radius 2 is 2.06 bits per heavy atom. The maximum absolute atomic E-state index is 11.9. The van der Waals surface area contributed by atoms with Crippen molar-refractivity contribution >= 4 is 9.84 Å². The van der Waals surface area contributed by atoms with Crippen LogP contribution in [0, 0.1) is 6.92 Å². The van der Waals surface area contributed by atoms with Crippen molar-refractivity contribution in [3.05, 3.63) is 42.0 Å². The summed E-state index contributed by atoms with van der Waals surface area (Å²) >= 11 is 0. The quantitative estimate of drug-likeness (QED) is 0.739. The van der Waals surface area contributed by atoms with Gasteiger partial charge in [0.15, 0.2) is 9.84 Å². The Kier molecular flexibility index (Phi) is 4.30. The molecule has 0 unspecified atom stereocenters. The molecule has 3 heteroatoms. The average molecular weight is 238 g/mol. The molecule has 16 heavy (non-hydrogen) atoms. The van der Waals surface area contributed by atoms with Gasteiger partial charge in [0, 0.05) is 0 Å². The maximum Gasteiger partial charge on any atom is 0.178 e. The van der Waals surface area contributed by atoms with Gasteiger partial charge in [-0.2, -0.15) is 0 Å². The fourth-order valence-corrected chi connectivity index (χ4v) is 2.90. The van der Waals surface area contributed by atoms with E-state index < -0.39 is 9.84 Å². The van der Waals surface area contributed by atoms with Crippen molar-refractivity contribution in [1.82, 2.24) is 0 Å². The SMILES string of the molecule is C=C(C)CCCS(=O)(=O)c1cccc(C)c1. The lowest BCUT2D eigenvalue weighted by Crippen LogP contribution is -2.07. The lowest BCUT2D eigenvalue weighted by Gasteiger charge is -2.05. The van der Waals surface area contributed by atoms with Crippen molar-refractivity contribution < 1.29 is 8.42 Å². The fourth-order valence-electron chi connectivity index (χ4n) is 1.49. The lowest BCUT2D eigenvalue weighted by atomic mass is 10.2. The van der Waals surface area contributed by atoms with E-state index in [1.807, 2.05) is 19.9 Å². The molecule has 88 valence electrons. The summed E-state index contributed by atoms with van der Waals surface area (Å²) in [6.07, 6.45) is 1.41. The molecule has 0 spiro atoms. The second-order valence-corrected chi connectivity index (χ2v) is 6.31. The molecule has 1 rings (SSSR count). The van der Waals surface area contributed by atoms with Gasteiger partial charge in [-0.25, -0.2) is 8.42 Å². The molecular formula is C13H18O2S. The summed E-state index contributed by atoms with van der Waals surface area (Å²) in [6.45, 7) is 7.58. The number of hydrogen-bond donors (Lipinski definition) is 0. The zero-order valence-electron chi connectivity index (χ0n) is 9.86. The van der Waals surface area contributed by atoms with E-state index in [0.29, 0.717) is 11.3 Å². The summed E-state index contributed by atoms with van der Waals surface area (Å²) in [7, 11) is -3.12. The highest BCUT2D eigenvalue weighted by molar-refractivity contribution is 7.91. The van der Waals surface area contributed by atoms with Crippen LogP contribution in [0.15, 0.2) is 41.3 Å². The molecule has 0 saturated carbocycles. The molecule has 0 bridgehead atoms. The van der Waals surface area contributed by atoms with E-state index in [-0.39, 0.29) is 5.75 Å². The molecule has 0 amide bonds. The summed E-state index contributed by atoms with van der Waals surface area (Å²) in [6, 6.07) is 7.05. The fraction of sp³-hybridized carbons (Fsp3) is 0.385. The van der Waals surface area contributed by atoms with Gasteiger partial charge in [0.2, 0.25) is 0 Å². The third-order valence-corrected chi connectivity index (χ3v) is 4.16. The highest BCUT2D eigenvalue weighted by Crippen LogP contribution is 2.15. The number of aryl methyl sites for hydroxylation is 1. The highest BCUT2D eigenvalue weighted by Gasteiger charge is 2.13. The van der Waals surface area contributed by atoms with E-state index >= 15 is 0 Å². The lowest BCUT2D eigenvalue weighted by molar-refractivity contribution is 0.593. The van der Waals surface area contributed by atoms with Crippen LogP contribution in [0.3, 0.4) is 0 Å². The minimum absolute atomic E-state index is 0.198.